The van der Waals surface area contributed by atoms with Crippen molar-refractivity contribution in [3.8, 4) is 0 Å². The maximum atomic E-state index is 12.4. The Labute approximate surface area is 238 Å². The molecule has 0 aliphatic heterocycles. The highest BCUT2D eigenvalue weighted by molar-refractivity contribution is 5.65. The van der Waals surface area contributed by atoms with Crippen LogP contribution < -0.4 is 0 Å². The Hall–Kier alpha value is -0.810. The van der Waals surface area contributed by atoms with Gasteiger partial charge in [0.2, 0.25) is 0 Å². The summed E-state index contributed by atoms with van der Waals surface area (Å²) in [6.45, 7) is 8.23. The Bertz CT molecular complexity index is 460. The second kappa shape index (κ2) is 32.4. The molecule has 0 aliphatic rings. The molecule has 5 heteroatoms. The lowest BCUT2D eigenvalue weighted by atomic mass is 10.1. The number of hydroxylamine groups is 2. The van der Waals surface area contributed by atoms with Gasteiger partial charge in [0, 0.05) is 0 Å². The van der Waals surface area contributed by atoms with Gasteiger partial charge in [0.05, 0.1) is 19.8 Å². The summed E-state index contributed by atoms with van der Waals surface area (Å²) in [7, 11) is 0. The maximum absolute atomic E-state index is 12.4. The number of nitrogens with zero attached hydrogens (tertiary/aromatic N) is 1. The van der Waals surface area contributed by atoms with E-state index in [-0.39, 0.29) is 0 Å². The second-order valence-corrected chi connectivity index (χ2v) is 11.2. The molecule has 0 unspecified atom stereocenters. The zero-order valence-corrected chi connectivity index (χ0v) is 26.1. The van der Waals surface area contributed by atoms with E-state index < -0.39 is 6.09 Å². The molecule has 5 nitrogen and oxygen atoms in total. The minimum atomic E-state index is -0.517. The Kier molecular flexibility index (Phi) is 31.7. The number of hydrogen-bond donors (Lipinski definition) is 0. The van der Waals surface area contributed by atoms with Crippen molar-refractivity contribution in [1.29, 1.82) is 0 Å². The molecule has 0 saturated carbocycles. The first kappa shape index (κ1) is 37.2. The minimum absolute atomic E-state index is 0.462. The Morgan fingerprint density at radius 1 is 0.447 bits per heavy atom. The lowest BCUT2D eigenvalue weighted by molar-refractivity contribution is -0.270. The number of amides is 1. The normalized spacial score (nSPS) is 11.2. The van der Waals surface area contributed by atoms with Crippen LogP contribution in [0.5, 0.6) is 0 Å². The molecule has 0 rings (SSSR count). The molecule has 0 aromatic rings. The number of rotatable bonds is 31. The Balaban J connectivity index is 3.62. The van der Waals surface area contributed by atoms with E-state index in [1.165, 1.54) is 133 Å². The quantitative estimate of drug-likeness (QED) is 0.0497. The van der Waals surface area contributed by atoms with Crippen molar-refractivity contribution in [3.63, 3.8) is 0 Å². The highest BCUT2D eigenvalue weighted by atomic mass is 17.2. The molecule has 0 fully saturated rings. The number of hydrogen-bond acceptors (Lipinski definition) is 4. The van der Waals surface area contributed by atoms with Gasteiger partial charge in [0.1, 0.15) is 0 Å². The van der Waals surface area contributed by atoms with Gasteiger partial charge in [0.15, 0.2) is 0 Å². The molecule has 228 valence electrons. The van der Waals surface area contributed by atoms with Crippen molar-refractivity contribution in [3.05, 3.63) is 0 Å². The van der Waals surface area contributed by atoms with Gasteiger partial charge in [-0.25, -0.2) is 4.79 Å². The molecule has 0 saturated heterocycles. The van der Waals surface area contributed by atoms with E-state index in [2.05, 4.69) is 20.8 Å². The number of carbonyl (C=O) groups excluding carboxylic acids is 1. The summed E-state index contributed by atoms with van der Waals surface area (Å²) in [5.41, 5.74) is 0. The van der Waals surface area contributed by atoms with Crippen molar-refractivity contribution in [1.82, 2.24) is 5.06 Å². The van der Waals surface area contributed by atoms with Crippen molar-refractivity contribution in [2.24, 2.45) is 0 Å². The first-order valence-corrected chi connectivity index (χ1v) is 17.0. The van der Waals surface area contributed by atoms with Gasteiger partial charge in [-0.15, -0.1) is 0 Å². The van der Waals surface area contributed by atoms with E-state index in [1.807, 2.05) is 0 Å². The molecule has 0 atom stereocenters. The predicted octanol–water partition coefficient (Wildman–Crippen LogP) is 11.5. The molecule has 38 heavy (non-hydrogen) atoms. The molecule has 0 aliphatic carbocycles. The van der Waals surface area contributed by atoms with Gasteiger partial charge in [0.25, 0.3) is 0 Å². The lowest BCUT2D eigenvalue weighted by Gasteiger charge is -2.20. The zero-order valence-electron chi connectivity index (χ0n) is 26.1. The average Bonchev–Trinajstić information content (AvgIpc) is 2.93. The molecule has 0 N–H and O–H groups in total. The van der Waals surface area contributed by atoms with Crippen LogP contribution in [0.3, 0.4) is 0 Å². The minimum Gasteiger partial charge on any atom is -0.274 e. The topological polar surface area (TPSA) is 48.0 Å². The zero-order chi connectivity index (χ0) is 27.8. The Morgan fingerprint density at radius 3 is 1.18 bits per heavy atom. The van der Waals surface area contributed by atoms with Crippen LogP contribution in [0.15, 0.2) is 0 Å². The molecular formula is C33H67NO4. The van der Waals surface area contributed by atoms with Gasteiger partial charge in [-0.3, -0.25) is 9.73 Å². The van der Waals surface area contributed by atoms with E-state index >= 15 is 0 Å². The third-order valence-electron chi connectivity index (χ3n) is 7.37. The van der Waals surface area contributed by atoms with Gasteiger partial charge < -0.3 is 0 Å². The third kappa shape index (κ3) is 28.2. The van der Waals surface area contributed by atoms with Gasteiger partial charge in [-0.1, -0.05) is 168 Å². The summed E-state index contributed by atoms with van der Waals surface area (Å²) >= 11 is 0. The SMILES string of the molecule is CCCCCCCCCCCCCCOOC(=O)N(CCCC)OCCCCCCCCCCCCCC. The summed E-state index contributed by atoms with van der Waals surface area (Å²) in [5, 5.41) is 1.35. The van der Waals surface area contributed by atoms with Crippen LogP contribution in [-0.4, -0.2) is 30.9 Å². The first-order chi connectivity index (χ1) is 18.8. The summed E-state index contributed by atoms with van der Waals surface area (Å²) in [4.78, 5) is 28.3. The van der Waals surface area contributed by atoms with Gasteiger partial charge >= 0.3 is 6.09 Å². The average molecular weight is 542 g/mol. The smallest absolute Gasteiger partial charge is 0.274 e. The number of unbranched alkanes of at least 4 members (excludes halogenated alkanes) is 23. The number of carbonyl (C=O) groups is 1. The summed E-state index contributed by atoms with van der Waals surface area (Å²) in [5.74, 6) is 0. The van der Waals surface area contributed by atoms with Crippen molar-refractivity contribution >= 4 is 6.09 Å². The molecule has 0 aromatic heterocycles. The molecule has 0 aromatic carbocycles. The van der Waals surface area contributed by atoms with E-state index in [1.54, 1.807) is 0 Å². The van der Waals surface area contributed by atoms with Crippen molar-refractivity contribution in [2.75, 3.05) is 19.8 Å². The van der Waals surface area contributed by atoms with Crippen molar-refractivity contribution in [2.45, 2.75) is 188 Å². The fourth-order valence-electron chi connectivity index (χ4n) is 4.76. The Morgan fingerprint density at radius 2 is 0.789 bits per heavy atom. The van der Waals surface area contributed by atoms with Crippen LogP contribution in [0.25, 0.3) is 0 Å². The molecule has 0 bridgehead atoms. The second-order valence-electron chi connectivity index (χ2n) is 11.2. The third-order valence-corrected chi connectivity index (χ3v) is 7.37. The van der Waals surface area contributed by atoms with Gasteiger partial charge in [-0.05, 0) is 19.3 Å². The van der Waals surface area contributed by atoms with Crippen LogP contribution in [0.4, 0.5) is 4.79 Å². The highest BCUT2D eigenvalue weighted by Crippen LogP contribution is 2.13. The van der Waals surface area contributed by atoms with E-state index in [9.17, 15) is 4.79 Å². The first-order valence-electron chi connectivity index (χ1n) is 17.0. The molecule has 1 amide bonds. The highest BCUT2D eigenvalue weighted by Gasteiger charge is 2.16. The summed E-state index contributed by atoms with van der Waals surface area (Å²) < 4.78 is 0. The van der Waals surface area contributed by atoms with Crippen molar-refractivity contribution < 1.29 is 19.4 Å². The van der Waals surface area contributed by atoms with Crippen LogP contribution in [-0.2, 0) is 14.6 Å². The standard InChI is InChI=1S/C33H67NO4/c1-4-7-10-12-14-16-18-20-22-24-26-28-31-36-34(30-9-6-3)33(35)38-37-32-29-27-25-23-21-19-17-15-13-11-8-5-2/h4-32H2,1-3H3. The van der Waals surface area contributed by atoms with Crippen LogP contribution in [0.2, 0.25) is 0 Å². The predicted molar refractivity (Wildman–Crippen MR) is 162 cm³/mol. The fraction of sp³-hybridized carbons (Fsp3) is 0.970. The van der Waals surface area contributed by atoms with E-state index in [4.69, 9.17) is 14.6 Å². The summed E-state index contributed by atoms with van der Waals surface area (Å²) in [6, 6.07) is 0. The lowest BCUT2D eigenvalue weighted by Crippen LogP contribution is -2.33. The fourth-order valence-corrected chi connectivity index (χ4v) is 4.76. The molecule has 0 radical (unpaired) electrons. The largest absolute Gasteiger partial charge is 0.465 e. The van der Waals surface area contributed by atoms with Crippen LogP contribution in [0.1, 0.15) is 188 Å². The monoisotopic (exact) mass is 542 g/mol. The summed E-state index contributed by atoms with van der Waals surface area (Å²) in [6.07, 6.45) is 32.7. The maximum Gasteiger partial charge on any atom is 0.465 e. The van der Waals surface area contributed by atoms with E-state index in [0.717, 1.165) is 38.5 Å². The molecule has 0 spiro atoms. The molecule has 0 heterocycles. The van der Waals surface area contributed by atoms with Gasteiger partial charge in [-0.2, -0.15) is 9.95 Å². The molecular weight excluding hydrogens is 474 g/mol. The van der Waals surface area contributed by atoms with Crippen LogP contribution in [0, 0.1) is 0 Å². The van der Waals surface area contributed by atoms with E-state index in [0.29, 0.717) is 19.8 Å². The van der Waals surface area contributed by atoms with Crippen LogP contribution >= 0.6 is 0 Å².